The highest BCUT2D eigenvalue weighted by Crippen LogP contribution is 2.25. The number of halogens is 2. The van der Waals surface area contributed by atoms with E-state index in [1.165, 1.54) is 6.07 Å². The van der Waals surface area contributed by atoms with E-state index in [1.54, 1.807) is 24.3 Å². The molecule has 0 amide bonds. The number of allylic oxidation sites excluding steroid dienone is 1. The Morgan fingerprint density at radius 2 is 1.86 bits per heavy atom. The van der Waals surface area contributed by atoms with Crippen molar-refractivity contribution in [3.63, 3.8) is 0 Å². The van der Waals surface area contributed by atoms with Gasteiger partial charge in [-0.15, -0.1) is 6.58 Å². The summed E-state index contributed by atoms with van der Waals surface area (Å²) in [5.74, 6) is -1.88. The Balaban J connectivity index is 2.42. The SMILES string of the molecule is C=CCc1ccccc1OS(=O)(=O)c1cc(F)ccc1F. The lowest BCUT2D eigenvalue weighted by Crippen LogP contribution is -2.13. The van der Waals surface area contributed by atoms with E-state index in [4.69, 9.17) is 4.18 Å². The molecule has 0 aliphatic heterocycles. The fourth-order valence-corrected chi connectivity index (χ4v) is 2.79. The first-order chi connectivity index (χ1) is 9.94. The van der Waals surface area contributed by atoms with Gasteiger partial charge in [-0.2, -0.15) is 8.42 Å². The van der Waals surface area contributed by atoms with Gasteiger partial charge in [0.1, 0.15) is 22.3 Å². The summed E-state index contributed by atoms with van der Waals surface area (Å²) in [5.41, 5.74) is 0.577. The van der Waals surface area contributed by atoms with Gasteiger partial charge in [0.05, 0.1) is 0 Å². The second-order valence-corrected chi connectivity index (χ2v) is 5.73. The smallest absolute Gasteiger partial charge is 0.342 e. The van der Waals surface area contributed by atoms with Crippen molar-refractivity contribution in [2.75, 3.05) is 0 Å². The van der Waals surface area contributed by atoms with Crippen molar-refractivity contribution in [1.82, 2.24) is 0 Å². The highest BCUT2D eigenvalue weighted by Gasteiger charge is 2.23. The van der Waals surface area contributed by atoms with Crippen molar-refractivity contribution in [3.05, 3.63) is 72.3 Å². The Bertz CT molecular complexity index is 770. The van der Waals surface area contributed by atoms with E-state index in [1.807, 2.05) is 0 Å². The highest BCUT2D eigenvalue weighted by molar-refractivity contribution is 7.87. The molecule has 0 radical (unpaired) electrons. The van der Waals surface area contributed by atoms with Crippen LogP contribution in [0.15, 0.2) is 60.0 Å². The molecule has 6 heteroatoms. The number of rotatable bonds is 5. The van der Waals surface area contributed by atoms with Crippen molar-refractivity contribution < 1.29 is 21.4 Å². The van der Waals surface area contributed by atoms with E-state index in [-0.39, 0.29) is 5.75 Å². The normalized spacial score (nSPS) is 11.1. The Morgan fingerprint density at radius 1 is 1.14 bits per heavy atom. The van der Waals surface area contributed by atoms with Crippen molar-refractivity contribution in [2.45, 2.75) is 11.3 Å². The Hall–Kier alpha value is -2.21. The average molecular weight is 310 g/mol. The first-order valence-corrected chi connectivity index (χ1v) is 7.43. The fraction of sp³-hybridized carbons (Fsp3) is 0.0667. The Labute approximate surface area is 121 Å². The van der Waals surface area contributed by atoms with E-state index >= 15 is 0 Å². The van der Waals surface area contributed by atoms with Gasteiger partial charge >= 0.3 is 10.1 Å². The highest BCUT2D eigenvalue weighted by atomic mass is 32.2. The minimum Gasteiger partial charge on any atom is -0.379 e. The first-order valence-electron chi connectivity index (χ1n) is 6.02. The third-order valence-corrected chi connectivity index (χ3v) is 3.95. The van der Waals surface area contributed by atoms with E-state index in [2.05, 4.69) is 6.58 Å². The molecule has 0 aliphatic rings. The van der Waals surface area contributed by atoms with Crippen molar-refractivity contribution in [1.29, 1.82) is 0 Å². The van der Waals surface area contributed by atoms with E-state index in [0.717, 1.165) is 12.1 Å². The van der Waals surface area contributed by atoms with Crippen LogP contribution in [0.3, 0.4) is 0 Å². The molecular weight excluding hydrogens is 298 g/mol. The van der Waals surface area contributed by atoms with Crippen LogP contribution in [0.25, 0.3) is 0 Å². The zero-order chi connectivity index (χ0) is 15.5. The van der Waals surface area contributed by atoms with Gasteiger partial charge in [-0.25, -0.2) is 8.78 Å². The zero-order valence-electron chi connectivity index (χ0n) is 10.9. The first kappa shape index (κ1) is 15.2. The molecule has 0 fully saturated rings. The lowest BCUT2D eigenvalue weighted by molar-refractivity contribution is 0.471. The maximum absolute atomic E-state index is 13.6. The molecule has 0 spiro atoms. The molecule has 0 saturated heterocycles. The average Bonchev–Trinajstić information content (AvgIpc) is 2.43. The van der Waals surface area contributed by atoms with Crippen LogP contribution in [0.2, 0.25) is 0 Å². The third-order valence-electron chi connectivity index (χ3n) is 2.70. The minimum absolute atomic E-state index is 0.0565. The summed E-state index contributed by atoms with van der Waals surface area (Å²) in [4.78, 5) is -0.837. The van der Waals surface area contributed by atoms with Crippen LogP contribution in [0.1, 0.15) is 5.56 Å². The van der Waals surface area contributed by atoms with Crippen LogP contribution in [0.4, 0.5) is 8.78 Å². The minimum atomic E-state index is -4.46. The third kappa shape index (κ3) is 3.46. The molecule has 3 nitrogen and oxygen atoms in total. The van der Waals surface area contributed by atoms with Gasteiger partial charge in [-0.1, -0.05) is 24.3 Å². The molecule has 0 bridgehead atoms. The summed E-state index contributed by atoms with van der Waals surface area (Å²) in [7, 11) is -4.46. The maximum atomic E-state index is 13.6. The molecule has 0 atom stereocenters. The maximum Gasteiger partial charge on any atom is 0.342 e. The molecule has 0 aromatic heterocycles. The fourth-order valence-electron chi connectivity index (χ4n) is 1.74. The predicted molar refractivity (Wildman–Crippen MR) is 74.5 cm³/mol. The molecule has 2 aromatic rings. The van der Waals surface area contributed by atoms with Gasteiger partial charge < -0.3 is 4.18 Å². The second kappa shape index (κ2) is 6.05. The zero-order valence-corrected chi connectivity index (χ0v) is 11.7. The molecule has 0 saturated carbocycles. The van der Waals surface area contributed by atoms with E-state index in [9.17, 15) is 17.2 Å². The standard InChI is InChI=1S/C15H12F2O3S/c1-2-5-11-6-3-4-7-14(11)20-21(18,19)15-10-12(16)8-9-13(15)17/h2-4,6-10H,1,5H2. The lowest BCUT2D eigenvalue weighted by Gasteiger charge is -2.11. The topological polar surface area (TPSA) is 43.4 Å². The van der Waals surface area contributed by atoms with Crippen LogP contribution in [-0.4, -0.2) is 8.42 Å². The van der Waals surface area contributed by atoms with Gasteiger partial charge in [-0.3, -0.25) is 0 Å². The molecule has 0 aliphatic carbocycles. The Kier molecular flexibility index (Phi) is 4.37. The molecule has 0 heterocycles. The summed E-state index contributed by atoms with van der Waals surface area (Å²) in [5, 5.41) is 0. The number of benzene rings is 2. The van der Waals surface area contributed by atoms with E-state index in [0.29, 0.717) is 18.1 Å². The molecular formula is C15H12F2O3S. The van der Waals surface area contributed by atoms with Crippen LogP contribution >= 0.6 is 0 Å². The van der Waals surface area contributed by atoms with Gasteiger partial charge in [0.15, 0.2) is 0 Å². The van der Waals surface area contributed by atoms with Crippen LogP contribution in [0.5, 0.6) is 5.75 Å². The molecule has 0 N–H and O–H groups in total. The number of hydrogen-bond donors (Lipinski definition) is 0. The summed E-state index contributed by atoms with van der Waals surface area (Å²) in [6.45, 7) is 3.56. The molecule has 2 rings (SSSR count). The molecule has 110 valence electrons. The lowest BCUT2D eigenvalue weighted by atomic mass is 10.1. The number of para-hydroxylation sites is 1. The van der Waals surface area contributed by atoms with Crippen LogP contribution in [-0.2, 0) is 16.5 Å². The Morgan fingerprint density at radius 3 is 2.57 bits per heavy atom. The summed E-state index contributed by atoms with van der Waals surface area (Å²) in [6.07, 6.45) is 1.97. The van der Waals surface area contributed by atoms with Gasteiger partial charge in [0.25, 0.3) is 0 Å². The predicted octanol–water partition coefficient (Wildman–Crippen LogP) is 3.46. The summed E-state index contributed by atoms with van der Waals surface area (Å²) < 4.78 is 55.8. The van der Waals surface area contributed by atoms with Gasteiger partial charge in [0, 0.05) is 0 Å². The second-order valence-electron chi connectivity index (χ2n) is 4.21. The molecule has 2 aromatic carbocycles. The van der Waals surface area contributed by atoms with Crippen molar-refractivity contribution >= 4 is 10.1 Å². The summed E-state index contributed by atoms with van der Waals surface area (Å²) in [6, 6.07) is 8.55. The largest absolute Gasteiger partial charge is 0.379 e. The summed E-state index contributed by atoms with van der Waals surface area (Å²) >= 11 is 0. The van der Waals surface area contributed by atoms with Gasteiger partial charge in [-0.05, 0) is 36.2 Å². The van der Waals surface area contributed by atoms with Gasteiger partial charge in [0.2, 0.25) is 0 Å². The van der Waals surface area contributed by atoms with Crippen molar-refractivity contribution in [3.8, 4) is 5.75 Å². The number of hydrogen-bond acceptors (Lipinski definition) is 3. The van der Waals surface area contributed by atoms with Crippen LogP contribution < -0.4 is 4.18 Å². The van der Waals surface area contributed by atoms with Crippen molar-refractivity contribution in [2.24, 2.45) is 0 Å². The molecule has 21 heavy (non-hydrogen) atoms. The van der Waals surface area contributed by atoms with E-state index < -0.39 is 26.6 Å². The molecule has 0 unspecified atom stereocenters. The van der Waals surface area contributed by atoms with Crippen LogP contribution in [0, 0.1) is 11.6 Å². The quantitative estimate of drug-likeness (QED) is 0.627. The monoisotopic (exact) mass is 310 g/mol.